The molecule has 7 nitrogen and oxygen atoms in total. The molecule has 7 heteroatoms. The predicted molar refractivity (Wildman–Crippen MR) is 76.8 cm³/mol. The first kappa shape index (κ1) is 15.8. The largest absolute Gasteiger partial charge is 0.495 e. The number of rotatable bonds is 4. The second kappa shape index (κ2) is 6.46. The van der Waals surface area contributed by atoms with Gasteiger partial charge in [-0.25, -0.2) is 4.79 Å². The third-order valence-electron chi connectivity index (χ3n) is 3.55. The Balaban J connectivity index is 2.36. The number of esters is 2. The Morgan fingerprint density at radius 2 is 1.91 bits per heavy atom. The Labute approximate surface area is 127 Å². The summed E-state index contributed by atoms with van der Waals surface area (Å²) in [6.45, 7) is 0.187. The maximum Gasteiger partial charge on any atom is 0.337 e. The van der Waals surface area contributed by atoms with E-state index in [0.29, 0.717) is 17.0 Å². The molecule has 0 aliphatic carbocycles. The minimum Gasteiger partial charge on any atom is -0.495 e. The van der Waals surface area contributed by atoms with E-state index in [1.807, 2.05) is 0 Å². The highest BCUT2D eigenvalue weighted by Gasteiger charge is 2.37. The Morgan fingerprint density at radius 1 is 1.18 bits per heavy atom. The summed E-state index contributed by atoms with van der Waals surface area (Å²) in [5.74, 6) is -1.26. The van der Waals surface area contributed by atoms with E-state index >= 15 is 0 Å². The van der Waals surface area contributed by atoms with E-state index in [1.165, 1.54) is 32.3 Å². The van der Waals surface area contributed by atoms with Crippen molar-refractivity contribution in [2.24, 2.45) is 5.92 Å². The van der Waals surface area contributed by atoms with E-state index in [4.69, 9.17) is 4.74 Å². The molecule has 1 saturated heterocycles. The average molecular weight is 307 g/mol. The van der Waals surface area contributed by atoms with Crippen molar-refractivity contribution in [3.8, 4) is 5.75 Å². The molecule has 0 aromatic heterocycles. The molecule has 1 aromatic rings. The van der Waals surface area contributed by atoms with Gasteiger partial charge in [0, 0.05) is 13.0 Å². The first-order valence-corrected chi connectivity index (χ1v) is 6.66. The normalized spacial score (nSPS) is 17.3. The summed E-state index contributed by atoms with van der Waals surface area (Å²) in [6, 6.07) is 4.65. The van der Waals surface area contributed by atoms with Gasteiger partial charge in [-0.3, -0.25) is 9.59 Å². The lowest BCUT2D eigenvalue weighted by Gasteiger charge is -2.20. The number of ether oxygens (including phenoxy) is 3. The van der Waals surface area contributed by atoms with E-state index in [9.17, 15) is 14.4 Å². The maximum absolute atomic E-state index is 12.2. The molecule has 0 spiro atoms. The van der Waals surface area contributed by atoms with E-state index < -0.39 is 17.9 Å². The van der Waals surface area contributed by atoms with Gasteiger partial charge in [-0.05, 0) is 18.2 Å². The van der Waals surface area contributed by atoms with Crippen molar-refractivity contribution >= 4 is 23.5 Å². The topological polar surface area (TPSA) is 82.1 Å². The number of benzene rings is 1. The summed E-state index contributed by atoms with van der Waals surface area (Å²) in [6.07, 6.45) is 0.0677. The van der Waals surface area contributed by atoms with Crippen LogP contribution in [-0.4, -0.2) is 45.7 Å². The molecule has 1 aliphatic rings. The van der Waals surface area contributed by atoms with Crippen molar-refractivity contribution in [2.45, 2.75) is 6.42 Å². The summed E-state index contributed by atoms with van der Waals surface area (Å²) in [4.78, 5) is 36.8. The van der Waals surface area contributed by atoms with Crippen LogP contribution in [-0.2, 0) is 19.1 Å². The second-order valence-electron chi connectivity index (χ2n) is 4.81. The number of anilines is 1. The summed E-state index contributed by atoms with van der Waals surface area (Å²) in [5.41, 5.74) is 0.731. The van der Waals surface area contributed by atoms with Crippen molar-refractivity contribution < 1.29 is 28.6 Å². The highest BCUT2D eigenvalue weighted by molar-refractivity contribution is 6.02. The molecular formula is C15H17NO6. The Kier molecular flexibility index (Phi) is 4.65. The summed E-state index contributed by atoms with van der Waals surface area (Å²) in [7, 11) is 4.03. The van der Waals surface area contributed by atoms with Gasteiger partial charge in [0.15, 0.2) is 0 Å². The van der Waals surface area contributed by atoms with E-state index in [1.54, 1.807) is 12.1 Å². The summed E-state index contributed by atoms with van der Waals surface area (Å²) in [5, 5.41) is 0. The second-order valence-corrected chi connectivity index (χ2v) is 4.81. The molecule has 118 valence electrons. The molecule has 1 aliphatic heterocycles. The number of amides is 1. The molecule has 1 heterocycles. The van der Waals surface area contributed by atoms with Crippen molar-refractivity contribution in [3.05, 3.63) is 23.8 Å². The molecule has 0 radical (unpaired) electrons. The highest BCUT2D eigenvalue weighted by atomic mass is 16.5. The van der Waals surface area contributed by atoms with Crippen LogP contribution in [0, 0.1) is 5.92 Å². The van der Waals surface area contributed by atoms with E-state index in [2.05, 4.69) is 9.47 Å². The molecule has 2 rings (SSSR count). The van der Waals surface area contributed by atoms with Gasteiger partial charge in [0.25, 0.3) is 0 Å². The molecule has 1 aromatic carbocycles. The summed E-state index contributed by atoms with van der Waals surface area (Å²) >= 11 is 0. The van der Waals surface area contributed by atoms with Gasteiger partial charge in [0.1, 0.15) is 5.75 Å². The highest BCUT2D eigenvalue weighted by Crippen LogP contribution is 2.34. The Morgan fingerprint density at radius 3 is 2.50 bits per heavy atom. The number of hydrogen-bond acceptors (Lipinski definition) is 6. The van der Waals surface area contributed by atoms with Gasteiger partial charge in [-0.1, -0.05) is 0 Å². The SMILES string of the molecule is COC(=O)c1ccc(OC)c(N2C[C@@H](C(=O)OC)CC2=O)c1. The number of nitrogens with zero attached hydrogens (tertiary/aromatic N) is 1. The third-order valence-corrected chi connectivity index (χ3v) is 3.55. The molecule has 0 N–H and O–H groups in total. The summed E-state index contributed by atoms with van der Waals surface area (Å²) < 4.78 is 14.6. The monoisotopic (exact) mass is 307 g/mol. The minimum absolute atomic E-state index is 0.0677. The fourth-order valence-corrected chi connectivity index (χ4v) is 2.41. The first-order valence-electron chi connectivity index (χ1n) is 6.66. The lowest BCUT2D eigenvalue weighted by Crippen LogP contribution is -2.27. The number of hydrogen-bond donors (Lipinski definition) is 0. The van der Waals surface area contributed by atoms with Crippen LogP contribution < -0.4 is 9.64 Å². The smallest absolute Gasteiger partial charge is 0.337 e. The van der Waals surface area contributed by atoms with Crippen LogP contribution in [0.3, 0.4) is 0 Å². The lowest BCUT2D eigenvalue weighted by molar-refractivity contribution is -0.145. The van der Waals surface area contributed by atoms with Crippen LogP contribution in [0.5, 0.6) is 5.75 Å². The van der Waals surface area contributed by atoms with E-state index in [-0.39, 0.29) is 18.9 Å². The number of carbonyl (C=O) groups excluding carboxylic acids is 3. The van der Waals surface area contributed by atoms with Crippen LogP contribution in [0.15, 0.2) is 18.2 Å². The minimum atomic E-state index is -0.524. The Bertz CT molecular complexity index is 612. The fourth-order valence-electron chi connectivity index (χ4n) is 2.41. The van der Waals surface area contributed by atoms with Crippen LogP contribution in [0.2, 0.25) is 0 Å². The zero-order chi connectivity index (χ0) is 16.3. The maximum atomic E-state index is 12.2. The van der Waals surface area contributed by atoms with E-state index in [0.717, 1.165) is 0 Å². The van der Waals surface area contributed by atoms with Crippen molar-refractivity contribution in [2.75, 3.05) is 32.8 Å². The van der Waals surface area contributed by atoms with Crippen molar-refractivity contribution in [1.29, 1.82) is 0 Å². The van der Waals surface area contributed by atoms with Crippen LogP contribution in [0.25, 0.3) is 0 Å². The van der Waals surface area contributed by atoms with Gasteiger partial charge in [-0.2, -0.15) is 0 Å². The quantitative estimate of drug-likeness (QED) is 0.772. The fraction of sp³-hybridized carbons (Fsp3) is 0.400. The van der Waals surface area contributed by atoms with Crippen LogP contribution >= 0.6 is 0 Å². The first-order chi connectivity index (χ1) is 10.5. The standard InChI is InChI=1S/C15H17NO6/c1-20-12-5-4-9(14(18)21-2)6-11(12)16-8-10(7-13(16)17)15(19)22-3/h4-6,10H,7-8H2,1-3H3/t10-/m0/s1. The van der Waals surface area contributed by atoms with Gasteiger partial charge in [0.2, 0.25) is 5.91 Å². The molecule has 0 bridgehead atoms. The van der Waals surface area contributed by atoms with Crippen LogP contribution in [0.1, 0.15) is 16.8 Å². The number of carbonyl (C=O) groups is 3. The van der Waals surface area contributed by atoms with Gasteiger partial charge in [0.05, 0.1) is 38.5 Å². The predicted octanol–water partition coefficient (Wildman–Crippen LogP) is 1.01. The lowest BCUT2D eigenvalue weighted by atomic mass is 10.1. The zero-order valence-corrected chi connectivity index (χ0v) is 12.6. The van der Waals surface area contributed by atoms with Gasteiger partial charge >= 0.3 is 11.9 Å². The molecule has 1 amide bonds. The average Bonchev–Trinajstić information content (AvgIpc) is 2.94. The molecule has 1 fully saturated rings. The van der Waals surface area contributed by atoms with Gasteiger partial charge in [-0.15, -0.1) is 0 Å². The molecule has 22 heavy (non-hydrogen) atoms. The van der Waals surface area contributed by atoms with Crippen molar-refractivity contribution in [3.63, 3.8) is 0 Å². The zero-order valence-electron chi connectivity index (χ0n) is 12.6. The van der Waals surface area contributed by atoms with Gasteiger partial charge < -0.3 is 19.1 Å². The van der Waals surface area contributed by atoms with Crippen LogP contribution in [0.4, 0.5) is 5.69 Å². The third kappa shape index (κ3) is 2.88. The molecule has 1 atom stereocenters. The molecular weight excluding hydrogens is 290 g/mol. The van der Waals surface area contributed by atoms with Crippen molar-refractivity contribution in [1.82, 2.24) is 0 Å². The molecule has 0 saturated carbocycles. The Hall–Kier alpha value is -2.57. The number of methoxy groups -OCH3 is 3. The molecule has 0 unspecified atom stereocenters.